The summed E-state index contributed by atoms with van der Waals surface area (Å²) < 4.78 is 2.06. The standard InChI is InChI=1S/C15H19N3/c1-18-10-9-17-14(18)11-13(16)15(7-8-15)12-5-3-2-4-6-12/h2-6,9-10,13H,7-8,11,16H2,1H3. The van der Waals surface area contributed by atoms with Crippen LogP contribution in [0.4, 0.5) is 0 Å². The Morgan fingerprint density at radius 1 is 1.33 bits per heavy atom. The third kappa shape index (κ3) is 1.85. The van der Waals surface area contributed by atoms with Gasteiger partial charge in [0.05, 0.1) is 0 Å². The lowest BCUT2D eigenvalue weighted by atomic mass is 9.86. The van der Waals surface area contributed by atoms with E-state index in [2.05, 4.69) is 39.9 Å². The molecule has 0 radical (unpaired) electrons. The van der Waals surface area contributed by atoms with Gasteiger partial charge in [-0.3, -0.25) is 0 Å². The average Bonchev–Trinajstić information content (AvgIpc) is 3.12. The van der Waals surface area contributed by atoms with Crippen LogP contribution in [-0.2, 0) is 18.9 Å². The molecule has 3 rings (SSSR count). The maximum Gasteiger partial charge on any atom is 0.109 e. The minimum absolute atomic E-state index is 0.154. The molecule has 18 heavy (non-hydrogen) atoms. The van der Waals surface area contributed by atoms with E-state index in [1.54, 1.807) is 0 Å². The second kappa shape index (κ2) is 4.25. The Labute approximate surface area is 108 Å². The zero-order chi connectivity index (χ0) is 12.6. The van der Waals surface area contributed by atoms with Gasteiger partial charge in [-0.05, 0) is 18.4 Å². The van der Waals surface area contributed by atoms with Gasteiger partial charge in [0.2, 0.25) is 0 Å². The lowest BCUT2D eigenvalue weighted by Gasteiger charge is -2.23. The van der Waals surface area contributed by atoms with Crippen molar-refractivity contribution in [2.75, 3.05) is 0 Å². The van der Waals surface area contributed by atoms with Gasteiger partial charge in [0, 0.05) is 37.3 Å². The number of hydrogen-bond donors (Lipinski definition) is 1. The summed E-state index contributed by atoms with van der Waals surface area (Å²) in [6.45, 7) is 0. The highest BCUT2D eigenvalue weighted by Crippen LogP contribution is 2.50. The van der Waals surface area contributed by atoms with Crippen molar-refractivity contribution in [2.24, 2.45) is 12.8 Å². The Bertz CT molecular complexity index is 526. The van der Waals surface area contributed by atoms with Crippen molar-refractivity contribution >= 4 is 0 Å². The van der Waals surface area contributed by atoms with Crippen LogP contribution >= 0.6 is 0 Å². The van der Waals surface area contributed by atoms with E-state index in [1.165, 1.54) is 18.4 Å². The quantitative estimate of drug-likeness (QED) is 0.890. The number of aryl methyl sites for hydroxylation is 1. The molecule has 1 heterocycles. The Morgan fingerprint density at radius 2 is 2.06 bits per heavy atom. The number of imidazole rings is 1. The fourth-order valence-corrected chi connectivity index (χ4v) is 2.76. The molecule has 0 aliphatic heterocycles. The van der Waals surface area contributed by atoms with E-state index in [4.69, 9.17) is 5.73 Å². The van der Waals surface area contributed by atoms with E-state index >= 15 is 0 Å². The van der Waals surface area contributed by atoms with E-state index in [-0.39, 0.29) is 11.5 Å². The second-order valence-electron chi connectivity index (χ2n) is 5.29. The summed E-state index contributed by atoms with van der Waals surface area (Å²) in [5.74, 6) is 1.07. The van der Waals surface area contributed by atoms with Gasteiger partial charge in [0.25, 0.3) is 0 Å². The van der Waals surface area contributed by atoms with Crippen LogP contribution in [-0.4, -0.2) is 15.6 Å². The molecule has 1 saturated carbocycles. The van der Waals surface area contributed by atoms with E-state index in [1.807, 2.05) is 19.4 Å². The fourth-order valence-electron chi connectivity index (χ4n) is 2.76. The minimum atomic E-state index is 0.154. The zero-order valence-electron chi connectivity index (χ0n) is 10.7. The molecule has 94 valence electrons. The van der Waals surface area contributed by atoms with Crippen molar-refractivity contribution in [2.45, 2.75) is 30.7 Å². The molecule has 1 unspecified atom stereocenters. The van der Waals surface area contributed by atoms with Gasteiger partial charge in [-0.1, -0.05) is 30.3 Å². The van der Waals surface area contributed by atoms with Crippen LogP contribution < -0.4 is 5.73 Å². The largest absolute Gasteiger partial charge is 0.338 e. The topological polar surface area (TPSA) is 43.8 Å². The van der Waals surface area contributed by atoms with Gasteiger partial charge in [0.15, 0.2) is 0 Å². The van der Waals surface area contributed by atoms with Crippen molar-refractivity contribution < 1.29 is 0 Å². The van der Waals surface area contributed by atoms with E-state index in [0.29, 0.717) is 0 Å². The van der Waals surface area contributed by atoms with Crippen LogP contribution in [0.3, 0.4) is 0 Å². The molecule has 0 saturated heterocycles. The van der Waals surface area contributed by atoms with Crippen LogP contribution in [0.15, 0.2) is 42.7 Å². The fraction of sp³-hybridized carbons (Fsp3) is 0.400. The van der Waals surface area contributed by atoms with Crippen LogP contribution in [0.5, 0.6) is 0 Å². The molecule has 1 aromatic carbocycles. The molecule has 3 heteroatoms. The number of benzene rings is 1. The first kappa shape index (κ1) is 11.5. The van der Waals surface area contributed by atoms with Crippen molar-refractivity contribution in [3.05, 3.63) is 54.1 Å². The van der Waals surface area contributed by atoms with E-state index in [9.17, 15) is 0 Å². The predicted octanol–water partition coefficient (Wildman–Crippen LogP) is 2.02. The number of nitrogens with two attached hydrogens (primary N) is 1. The number of aromatic nitrogens is 2. The summed E-state index contributed by atoms with van der Waals surface area (Å²) in [4.78, 5) is 4.37. The van der Waals surface area contributed by atoms with Crippen molar-refractivity contribution in [3.63, 3.8) is 0 Å². The normalized spacial score (nSPS) is 18.6. The van der Waals surface area contributed by atoms with E-state index in [0.717, 1.165) is 12.2 Å². The molecule has 0 amide bonds. The first-order valence-electron chi connectivity index (χ1n) is 6.50. The maximum absolute atomic E-state index is 6.45. The molecular weight excluding hydrogens is 222 g/mol. The van der Waals surface area contributed by atoms with Gasteiger partial charge < -0.3 is 10.3 Å². The highest BCUT2D eigenvalue weighted by atomic mass is 15.0. The van der Waals surface area contributed by atoms with Crippen LogP contribution in [0.1, 0.15) is 24.2 Å². The van der Waals surface area contributed by atoms with Crippen molar-refractivity contribution in [3.8, 4) is 0 Å². The Kier molecular flexibility index (Phi) is 2.71. The molecular formula is C15H19N3. The molecule has 3 nitrogen and oxygen atoms in total. The predicted molar refractivity (Wildman–Crippen MR) is 72.2 cm³/mol. The molecule has 2 aromatic rings. The SMILES string of the molecule is Cn1ccnc1CC(N)C1(c2ccccc2)CC1. The summed E-state index contributed by atoms with van der Waals surface area (Å²) >= 11 is 0. The zero-order valence-corrected chi connectivity index (χ0v) is 10.7. The minimum Gasteiger partial charge on any atom is -0.338 e. The Hall–Kier alpha value is -1.61. The summed E-state index contributed by atoms with van der Waals surface area (Å²) in [5, 5.41) is 0. The number of hydrogen-bond acceptors (Lipinski definition) is 2. The van der Waals surface area contributed by atoms with Gasteiger partial charge in [-0.2, -0.15) is 0 Å². The summed E-state index contributed by atoms with van der Waals surface area (Å²) in [6.07, 6.45) is 7.05. The van der Waals surface area contributed by atoms with Crippen LogP contribution in [0.2, 0.25) is 0 Å². The van der Waals surface area contributed by atoms with Gasteiger partial charge in [-0.25, -0.2) is 4.98 Å². The molecule has 1 fully saturated rings. The molecule has 1 aliphatic rings. The molecule has 1 atom stereocenters. The Morgan fingerprint density at radius 3 is 2.61 bits per heavy atom. The molecule has 2 N–H and O–H groups in total. The van der Waals surface area contributed by atoms with Gasteiger partial charge in [-0.15, -0.1) is 0 Å². The first-order chi connectivity index (χ1) is 8.72. The molecule has 1 aromatic heterocycles. The summed E-state index contributed by atoms with van der Waals surface area (Å²) in [5.41, 5.74) is 8.02. The van der Waals surface area contributed by atoms with Crippen LogP contribution in [0, 0.1) is 0 Å². The summed E-state index contributed by atoms with van der Waals surface area (Å²) in [7, 11) is 2.02. The Balaban J connectivity index is 1.81. The van der Waals surface area contributed by atoms with Gasteiger partial charge in [0.1, 0.15) is 5.82 Å². The third-order valence-corrected chi connectivity index (χ3v) is 4.17. The van der Waals surface area contributed by atoms with Crippen LogP contribution in [0.25, 0.3) is 0 Å². The highest BCUT2D eigenvalue weighted by molar-refractivity contribution is 5.34. The van der Waals surface area contributed by atoms with Crippen molar-refractivity contribution in [1.29, 1.82) is 0 Å². The molecule has 0 spiro atoms. The molecule has 1 aliphatic carbocycles. The third-order valence-electron chi connectivity index (χ3n) is 4.17. The first-order valence-corrected chi connectivity index (χ1v) is 6.50. The monoisotopic (exact) mass is 241 g/mol. The highest BCUT2D eigenvalue weighted by Gasteiger charge is 2.49. The smallest absolute Gasteiger partial charge is 0.109 e. The number of rotatable bonds is 4. The number of nitrogens with zero attached hydrogens (tertiary/aromatic N) is 2. The van der Waals surface area contributed by atoms with Crippen molar-refractivity contribution in [1.82, 2.24) is 9.55 Å². The summed E-state index contributed by atoms with van der Waals surface area (Å²) in [6, 6.07) is 10.8. The van der Waals surface area contributed by atoms with E-state index < -0.39 is 0 Å². The maximum atomic E-state index is 6.45. The lowest BCUT2D eigenvalue weighted by Crippen LogP contribution is -2.37. The second-order valence-corrected chi connectivity index (χ2v) is 5.29. The van der Waals surface area contributed by atoms with Gasteiger partial charge >= 0.3 is 0 Å². The molecule has 0 bridgehead atoms. The average molecular weight is 241 g/mol. The lowest BCUT2D eigenvalue weighted by molar-refractivity contribution is 0.497.